The van der Waals surface area contributed by atoms with Gasteiger partial charge in [-0.25, -0.2) is 0 Å². The zero-order chi connectivity index (χ0) is 16.9. The maximum absolute atomic E-state index is 12.4. The standard InChI is InChI=1S/C19H28N2O3.ClH/c1-2-23-16-8-3-4-9-17(16)24-12-18(22)21-19-13-6-5-7-14(19)11-15(20)10-13;/h3-4,8-9,13-15,19H,2,5-7,10-12,20H2,1H3,(H,21,22);1H. The fraction of sp³-hybridized carbons (Fsp3) is 0.632. The molecule has 2 aliphatic rings. The fourth-order valence-electron chi connectivity index (χ4n) is 4.24. The number of halogens is 1. The summed E-state index contributed by atoms with van der Waals surface area (Å²) in [5, 5.41) is 3.20. The molecule has 140 valence electrons. The van der Waals surface area contributed by atoms with E-state index in [0.29, 0.717) is 36.0 Å². The molecule has 3 rings (SSSR count). The first-order valence-electron chi connectivity index (χ1n) is 9.07. The normalized spacial score (nSPS) is 27.8. The summed E-state index contributed by atoms with van der Waals surface area (Å²) in [5.41, 5.74) is 6.15. The number of hydrogen-bond donors (Lipinski definition) is 2. The van der Waals surface area contributed by atoms with Gasteiger partial charge in [0, 0.05) is 12.1 Å². The van der Waals surface area contributed by atoms with Crippen molar-refractivity contribution in [2.24, 2.45) is 17.6 Å². The highest BCUT2D eigenvalue weighted by Crippen LogP contribution is 2.39. The first kappa shape index (κ1) is 19.9. The number of rotatable bonds is 6. The molecule has 2 unspecified atom stereocenters. The summed E-state index contributed by atoms with van der Waals surface area (Å²) in [6.07, 6.45) is 5.64. The molecule has 2 fully saturated rings. The molecule has 2 aliphatic carbocycles. The number of nitrogens with one attached hydrogen (secondary N) is 1. The van der Waals surface area contributed by atoms with Gasteiger partial charge in [0.15, 0.2) is 18.1 Å². The second-order valence-corrected chi connectivity index (χ2v) is 6.94. The number of nitrogens with two attached hydrogens (primary N) is 1. The van der Waals surface area contributed by atoms with E-state index in [2.05, 4.69) is 5.32 Å². The van der Waals surface area contributed by atoms with Crippen molar-refractivity contribution in [3.8, 4) is 11.5 Å². The number of hydrogen-bond acceptors (Lipinski definition) is 4. The van der Waals surface area contributed by atoms with Gasteiger partial charge in [0.1, 0.15) is 0 Å². The first-order valence-corrected chi connectivity index (χ1v) is 9.07. The Morgan fingerprint density at radius 3 is 2.36 bits per heavy atom. The van der Waals surface area contributed by atoms with E-state index in [0.717, 1.165) is 12.8 Å². The molecule has 2 atom stereocenters. The molecular weight excluding hydrogens is 340 g/mol. The summed E-state index contributed by atoms with van der Waals surface area (Å²) < 4.78 is 11.2. The minimum atomic E-state index is -0.0568. The third-order valence-corrected chi connectivity index (χ3v) is 5.21. The van der Waals surface area contributed by atoms with Crippen molar-refractivity contribution in [2.75, 3.05) is 13.2 Å². The molecule has 0 radical (unpaired) electrons. The van der Waals surface area contributed by atoms with Crippen LogP contribution in [-0.2, 0) is 4.79 Å². The lowest BCUT2D eigenvalue weighted by Crippen LogP contribution is -2.54. The molecule has 6 heteroatoms. The summed E-state index contributed by atoms with van der Waals surface area (Å²) in [6.45, 7) is 2.51. The van der Waals surface area contributed by atoms with Crippen molar-refractivity contribution in [3.05, 3.63) is 24.3 Å². The second kappa shape index (κ2) is 9.30. The first-order chi connectivity index (χ1) is 11.7. The Hall–Kier alpha value is -1.46. The topological polar surface area (TPSA) is 73.6 Å². The number of carbonyl (C=O) groups excluding carboxylic acids is 1. The van der Waals surface area contributed by atoms with Gasteiger partial charge in [0.05, 0.1) is 6.61 Å². The van der Waals surface area contributed by atoms with Crippen molar-refractivity contribution in [2.45, 2.75) is 51.1 Å². The Bertz CT molecular complexity index is 555. The van der Waals surface area contributed by atoms with E-state index in [1.54, 1.807) is 0 Å². The zero-order valence-electron chi connectivity index (χ0n) is 14.8. The van der Waals surface area contributed by atoms with Gasteiger partial charge in [-0.15, -0.1) is 12.4 Å². The molecule has 0 saturated heterocycles. The molecule has 1 aromatic carbocycles. The molecule has 1 aromatic rings. The van der Waals surface area contributed by atoms with E-state index in [9.17, 15) is 4.79 Å². The molecule has 0 heterocycles. The summed E-state index contributed by atoms with van der Waals surface area (Å²) >= 11 is 0. The lowest BCUT2D eigenvalue weighted by atomic mass is 9.67. The number of ether oxygens (including phenoxy) is 2. The number of benzene rings is 1. The third-order valence-electron chi connectivity index (χ3n) is 5.21. The van der Waals surface area contributed by atoms with Crippen LogP contribution in [0.2, 0.25) is 0 Å². The number of amides is 1. The average Bonchev–Trinajstić information content (AvgIpc) is 2.55. The monoisotopic (exact) mass is 368 g/mol. The van der Waals surface area contributed by atoms with E-state index in [4.69, 9.17) is 15.2 Å². The van der Waals surface area contributed by atoms with Crippen molar-refractivity contribution in [1.29, 1.82) is 0 Å². The Morgan fingerprint density at radius 1 is 1.16 bits per heavy atom. The van der Waals surface area contributed by atoms with E-state index in [1.807, 2.05) is 31.2 Å². The maximum atomic E-state index is 12.4. The molecule has 2 saturated carbocycles. The van der Waals surface area contributed by atoms with Crippen LogP contribution in [0.1, 0.15) is 39.0 Å². The van der Waals surface area contributed by atoms with Crippen LogP contribution in [0.5, 0.6) is 11.5 Å². The van der Waals surface area contributed by atoms with Crippen molar-refractivity contribution in [1.82, 2.24) is 5.32 Å². The second-order valence-electron chi connectivity index (χ2n) is 6.94. The SMILES string of the molecule is CCOc1ccccc1OCC(=O)NC1C2CCCC1CC(N)C2.Cl. The lowest BCUT2D eigenvalue weighted by Gasteiger charge is -2.45. The van der Waals surface area contributed by atoms with E-state index in [1.165, 1.54) is 19.3 Å². The number of para-hydroxylation sites is 2. The van der Waals surface area contributed by atoms with Crippen LogP contribution in [0.4, 0.5) is 0 Å². The van der Waals surface area contributed by atoms with Crippen LogP contribution in [0.15, 0.2) is 24.3 Å². The van der Waals surface area contributed by atoms with E-state index in [-0.39, 0.29) is 31.0 Å². The van der Waals surface area contributed by atoms with Crippen molar-refractivity contribution >= 4 is 18.3 Å². The maximum Gasteiger partial charge on any atom is 0.258 e. The van der Waals surface area contributed by atoms with Crippen molar-refractivity contribution < 1.29 is 14.3 Å². The molecule has 3 N–H and O–H groups in total. The molecule has 0 aromatic heterocycles. The largest absolute Gasteiger partial charge is 0.490 e. The molecule has 0 aliphatic heterocycles. The highest BCUT2D eigenvalue weighted by atomic mass is 35.5. The number of carbonyl (C=O) groups is 1. The fourth-order valence-corrected chi connectivity index (χ4v) is 4.24. The smallest absolute Gasteiger partial charge is 0.258 e. The van der Waals surface area contributed by atoms with Crippen molar-refractivity contribution in [3.63, 3.8) is 0 Å². The predicted octanol–water partition coefficient (Wildman–Crippen LogP) is 2.91. The quantitative estimate of drug-likeness (QED) is 0.809. The Balaban J connectivity index is 0.00000225. The van der Waals surface area contributed by atoms with Crippen LogP contribution in [0.25, 0.3) is 0 Å². The summed E-state index contributed by atoms with van der Waals surface area (Å²) in [4.78, 5) is 12.4. The van der Waals surface area contributed by atoms with Gasteiger partial charge >= 0.3 is 0 Å². The van der Waals surface area contributed by atoms with Crippen LogP contribution in [-0.4, -0.2) is 31.2 Å². The minimum Gasteiger partial charge on any atom is -0.490 e. The Labute approximate surface area is 156 Å². The third kappa shape index (κ3) is 5.02. The van der Waals surface area contributed by atoms with Crippen LogP contribution in [0, 0.1) is 11.8 Å². The van der Waals surface area contributed by atoms with Gasteiger partial charge in [-0.05, 0) is 56.6 Å². The van der Waals surface area contributed by atoms with Crippen LogP contribution < -0.4 is 20.5 Å². The number of fused-ring (bicyclic) bond motifs is 2. The molecule has 25 heavy (non-hydrogen) atoms. The summed E-state index contributed by atoms with van der Waals surface area (Å²) in [6, 6.07) is 8.00. The van der Waals surface area contributed by atoms with E-state index < -0.39 is 0 Å². The van der Waals surface area contributed by atoms with Gasteiger partial charge in [-0.3, -0.25) is 4.79 Å². The predicted molar refractivity (Wildman–Crippen MR) is 100 cm³/mol. The lowest BCUT2D eigenvalue weighted by molar-refractivity contribution is -0.125. The van der Waals surface area contributed by atoms with Gasteiger partial charge in [-0.2, -0.15) is 0 Å². The minimum absolute atomic E-state index is 0. The molecule has 0 spiro atoms. The van der Waals surface area contributed by atoms with Gasteiger partial charge in [0.2, 0.25) is 0 Å². The van der Waals surface area contributed by atoms with Gasteiger partial charge < -0.3 is 20.5 Å². The zero-order valence-corrected chi connectivity index (χ0v) is 15.6. The van der Waals surface area contributed by atoms with Crippen LogP contribution in [0.3, 0.4) is 0 Å². The van der Waals surface area contributed by atoms with Gasteiger partial charge in [-0.1, -0.05) is 18.6 Å². The molecular formula is C19H29ClN2O3. The van der Waals surface area contributed by atoms with E-state index >= 15 is 0 Å². The Kier molecular flexibility index (Phi) is 7.38. The Morgan fingerprint density at radius 2 is 1.76 bits per heavy atom. The average molecular weight is 369 g/mol. The molecule has 5 nitrogen and oxygen atoms in total. The summed E-state index contributed by atoms with van der Waals surface area (Å²) in [5.74, 6) is 2.27. The molecule has 2 bridgehead atoms. The van der Waals surface area contributed by atoms with Gasteiger partial charge in [0.25, 0.3) is 5.91 Å². The highest BCUT2D eigenvalue weighted by molar-refractivity contribution is 5.85. The molecule has 1 amide bonds. The summed E-state index contributed by atoms with van der Waals surface area (Å²) in [7, 11) is 0. The highest BCUT2D eigenvalue weighted by Gasteiger charge is 2.39. The van der Waals surface area contributed by atoms with Crippen LogP contribution >= 0.6 is 12.4 Å².